The Labute approximate surface area is 112 Å². The average molecular weight is 252 g/mol. The first-order chi connectivity index (χ1) is 8.40. The predicted molar refractivity (Wildman–Crippen MR) is 74.4 cm³/mol. The minimum absolute atomic E-state index is 0.172. The van der Waals surface area contributed by atoms with E-state index in [1.165, 1.54) is 0 Å². The Balaban J connectivity index is 2.28. The number of ketones is 2. The number of carbonyl (C=O) groups excluding carboxylic acids is 2. The third-order valence-corrected chi connectivity index (χ3v) is 4.23. The van der Waals surface area contributed by atoms with Crippen LogP contribution < -0.4 is 0 Å². The first kappa shape index (κ1) is 15.4. The fourth-order valence-corrected chi connectivity index (χ4v) is 2.68. The first-order valence-electron chi connectivity index (χ1n) is 7.45. The van der Waals surface area contributed by atoms with E-state index in [4.69, 9.17) is 0 Å². The molecule has 1 saturated carbocycles. The van der Waals surface area contributed by atoms with Gasteiger partial charge in [0.15, 0.2) is 0 Å². The first-order valence-corrected chi connectivity index (χ1v) is 7.45. The van der Waals surface area contributed by atoms with E-state index in [1.807, 2.05) is 27.7 Å². The molecule has 0 aliphatic heterocycles. The van der Waals surface area contributed by atoms with Crippen molar-refractivity contribution in [3.63, 3.8) is 0 Å². The van der Waals surface area contributed by atoms with Crippen LogP contribution in [0.2, 0.25) is 0 Å². The lowest BCUT2D eigenvalue weighted by molar-refractivity contribution is -0.124. The second kappa shape index (κ2) is 7.06. The molecule has 0 amide bonds. The van der Waals surface area contributed by atoms with Crippen LogP contribution in [-0.2, 0) is 9.59 Å². The Kier molecular flexibility index (Phi) is 6.04. The predicted octanol–water partition coefficient (Wildman–Crippen LogP) is 4.02. The molecule has 1 rings (SSSR count). The molecule has 0 atom stereocenters. The third-order valence-electron chi connectivity index (χ3n) is 4.23. The Hall–Kier alpha value is -0.660. The molecular weight excluding hydrogens is 224 g/mol. The minimum atomic E-state index is 0.172. The maximum absolute atomic E-state index is 11.7. The van der Waals surface area contributed by atoms with Crippen molar-refractivity contribution in [3.8, 4) is 0 Å². The summed E-state index contributed by atoms with van der Waals surface area (Å²) in [4.78, 5) is 23.4. The fraction of sp³-hybridized carbons (Fsp3) is 0.875. The summed E-state index contributed by atoms with van der Waals surface area (Å²) in [5.74, 6) is 2.29. The van der Waals surface area contributed by atoms with Gasteiger partial charge < -0.3 is 0 Å². The highest BCUT2D eigenvalue weighted by Gasteiger charge is 2.25. The number of Topliss-reactive ketones (excluding diaryl/α,β-unsaturated/α-hetero) is 2. The molecule has 1 fully saturated rings. The molecule has 0 aromatic rings. The highest BCUT2D eigenvalue weighted by Crippen LogP contribution is 2.33. The van der Waals surface area contributed by atoms with Crippen LogP contribution >= 0.6 is 0 Å². The smallest absolute Gasteiger partial charge is 0.135 e. The highest BCUT2D eigenvalue weighted by atomic mass is 16.1. The van der Waals surface area contributed by atoms with Gasteiger partial charge in [-0.05, 0) is 37.5 Å². The molecular formula is C16H28O2. The van der Waals surface area contributed by atoms with Crippen molar-refractivity contribution in [1.82, 2.24) is 0 Å². The van der Waals surface area contributed by atoms with Gasteiger partial charge in [0.25, 0.3) is 0 Å². The number of hydrogen-bond acceptors (Lipinski definition) is 2. The zero-order chi connectivity index (χ0) is 13.7. The van der Waals surface area contributed by atoms with E-state index in [1.54, 1.807) is 0 Å². The molecule has 0 radical (unpaired) electrons. The fourth-order valence-electron chi connectivity index (χ4n) is 2.68. The van der Waals surface area contributed by atoms with Crippen LogP contribution in [0.15, 0.2) is 0 Å². The topological polar surface area (TPSA) is 34.1 Å². The standard InChI is InChI=1S/C16H28O2/c1-11(2)15(17)9-13-5-7-14(8-6-13)10-16(18)12(3)4/h11-14H,5-10H2,1-4H3. The highest BCUT2D eigenvalue weighted by molar-refractivity contribution is 5.81. The van der Waals surface area contributed by atoms with E-state index < -0.39 is 0 Å². The molecule has 0 aromatic carbocycles. The Bertz CT molecular complexity index is 253. The molecule has 18 heavy (non-hydrogen) atoms. The molecule has 2 heteroatoms. The van der Waals surface area contributed by atoms with Crippen molar-refractivity contribution < 1.29 is 9.59 Å². The summed E-state index contributed by atoms with van der Waals surface area (Å²) in [5, 5.41) is 0. The summed E-state index contributed by atoms with van der Waals surface area (Å²) in [6.07, 6.45) is 6.04. The summed E-state index contributed by atoms with van der Waals surface area (Å²) in [7, 11) is 0. The quantitative estimate of drug-likeness (QED) is 0.715. The van der Waals surface area contributed by atoms with Crippen LogP contribution in [0, 0.1) is 23.7 Å². The molecule has 0 heterocycles. The van der Waals surface area contributed by atoms with Crippen molar-refractivity contribution in [2.24, 2.45) is 23.7 Å². The summed E-state index contributed by atoms with van der Waals surface area (Å²) in [6, 6.07) is 0. The van der Waals surface area contributed by atoms with Crippen molar-refractivity contribution in [2.75, 3.05) is 0 Å². The summed E-state index contributed by atoms with van der Waals surface area (Å²) < 4.78 is 0. The number of rotatable bonds is 6. The Morgan fingerprint density at radius 2 is 1.06 bits per heavy atom. The van der Waals surface area contributed by atoms with Gasteiger partial charge in [0.2, 0.25) is 0 Å². The van der Waals surface area contributed by atoms with Gasteiger partial charge in [0.05, 0.1) is 0 Å². The lowest BCUT2D eigenvalue weighted by Crippen LogP contribution is -2.22. The zero-order valence-electron chi connectivity index (χ0n) is 12.4. The second-order valence-corrected chi connectivity index (χ2v) is 6.54. The molecule has 0 aromatic heterocycles. The molecule has 1 aliphatic carbocycles. The third kappa shape index (κ3) is 4.91. The van der Waals surface area contributed by atoms with E-state index in [0.717, 1.165) is 38.5 Å². The lowest BCUT2D eigenvalue weighted by Gasteiger charge is -2.28. The Morgan fingerprint density at radius 1 is 0.778 bits per heavy atom. The summed E-state index contributed by atoms with van der Waals surface area (Å²) >= 11 is 0. The van der Waals surface area contributed by atoms with Gasteiger partial charge in [-0.1, -0.05) is 27.7 Å². The molecule has 0 spiro atoms. The van der Waals surface area contributed by atoms with Crippen molar-refractivity contribution in [1.29, 1.82) is 0 Å². The molecule has 0 bridgehead atoms. The van der Waals surface area contributed by atoms with Crippen molar-refractivity contribution in [3.05, 3.63) is 0 Å². The Morgan fingerprint density at radius 3 is 1.28 bits per heavy atom. The van der Waals surface area contributed by atoms with E-state index in [0.29, 0.717) is 23.4 Å². The van der Waals surface area contributed by atoms with Gasteiger partial charge >= 0.3 is 0 Å². The maximum atomic E-state index is 11.7. The molecule has 0 saturated heterocycles. The monoisotopic (exact) mass is 252 g/mol. The number of carbonyl (C=O) groups is 2. The van der Waals surface area contributed by atoms with Gasteiger partial charge in [-0.3, -0.25) is 9.59 Å². The van der Waals surface area contributed by atoms with E-state index in [-0.39, 0.29) is 11.8 Å². The van der Waals surface area contributed by atoms with Crippen LogP contribution in [-0.4, -0.2) is 11.6 Å². The minimum Gasteiger partial charge on any atom is -0.299 e. The second-order valence-electron chi connectivity index (χ2n) is 6.54. The summed E-state index contributed by atoms with van der Waals surface area (Å²) in [6.45, 7) is 7.93. The van der Waals surface area contributed by atoms with E-state index in [2.05, 4.69) is 0 Å². The van der Waals surface area contributed by atoms with Crippen molar-refractivity contribution >= 4 is 11.6 Å². The van der Waals surface area contributed by atoms with Crippen LogP contribution in [0.5, 0.6) is 0 Å². The lowest BCUT2D eigenvalue weighted by atomic mass is 9.76. The molecule has 0 N–H and O–H groups in total. The molecule has 0 unspecified atom stereocenters. The van der Waals surface area contributed by atoms with Crippen LogP contribution in [0.3, 0.4) is 0 Å². The number of hydrogen-bond donors (Lipinski definition) is 0. The molecule has 1 aliphatic rings. The molecule has 2 nitrogen and oxygen atoms in total. The summed E-state index contributed by atoms with van der Waals surface area (Å²) in [5.41, 5.74) is 0. The molecule has 104 valence electrons. The van der Waals surface area contributed by atoms with Gasteiger partial charge in [0, 0.05) is 24.7 Å². The van der Waals surface area contributed by atoms with Gasteiger partial charge in [-0.2, -0.15) is 0 Å². The van der Waals surface area contributed by atoms with Crippen molar-refractivity contribution in [2.45, 2.75) is 66.2 Å². The zero-order valence-corrected chi connectivity index (χ0v) is 12.4. The van der Waals surface area contributed by atoms with Crippen LogP contribution in [0.1, 0.15) is 66.2 Å². The largest absolute Gasteiger partial charge is 0.299 e. The normalized spacial score (nSPS) is 24.6. The SMILES string of the molecule is CC(C)C(=O)CC1CCC(CC(=O)C(C)C)CC1. The van der Waals surface area contributed by atoms with E-state index in [9.17, 15) is 9.59 Å². The average Bonchev–Trinajstić information content (AvgIpc) is 2.31. The van der Waals surface area contributed by atoms with E-state index >= 15 is 0 Å². The maximum Gasteiger partial charge on any atom is 0.135 e. The van der Waals surface area contributed by atoms with Gasteiger partial charge in [-0.25, -0.2) is 0 Å². The van der Waals surface area contributed by atoms with Crippen LogP contribution in [0.4, 0.5) is 0 Å². The van der Waals surface area contributed by atoms with Gasteiger partial charge in [0.1, 0.15) is 11.6 Å². The van der Waals surface area contributed by atoms with Gasteiger partial charge in [-0.15, -0.1) is 0 Å². The van der Waals surface area contributed by atoms with Crippen LogP contribution in [0.25, 0.3) is 0 Å².